The van der Waals surface area contributed by atoms with E-state index in [4.69, 9.17) is 0 Å². The van der Waals surface area contributed by atoms with Crippen LogP contribution in [0.25, 0.3) is 0 Å². The predicted molar refractivity (Wildman–Crippen MR) is 105 cm³/mol. The smallest absolute Gasteiger partial charge is 0.269 e. The Bertz CT molecular complexity index is 1170. The third-order valence-corrected chi connectivity index (χ3v) is 7.24. The van der Waals surface area contributed by atoms with Gasteiger partial charge in [-0.3, -0.25) is 20.2 Å². The molecule has 1 amide bonds. The van der Waals surface area contributed by atoms with Crippen LogP contribution >= 0.6 is 11.3 Å². The van der Waals surface area contributed by atoms with Gasteiger partial charge < -0.3 is 0 Å². The number of benzene rings is 2. The Labute approximate surface area is 164 Å². The lowest BCUT2D eigenvalue weighted by Crippen LogP contribution is -2.11. The molecule has 10 heteroatoms. The second-order valence-electron chi connectivity index (χ2n) is 5.99. The molecule has 3 aromatic rings. The highest BCUT2D eigenvalue weighted by molar-refractivity contribution is 7.93. The molecule has 0 saturated heterocycles. The summed E-state index contributed by atoms with van der Waals surface area (Å²) in [5, 5.41) is 13.4. The van der Waals surface area contributed by atoms with Crippen molar-refractivity contribution in [3.63, 3.8) is 0 Å². The van der Waals surface area contributed by atoms with Crippen LogP contribution in [0.3, 0.4) is 0 Å². The van der Waals surface area contributed by atoms with Crippen LogP contribution in [0.5, 0.6) is 0 Å². The molecule has 0 atom stereocenters. The zero-order valence-electron chi connectivity index (χ0n) is 14.9. The van der Waals surface area contributed by atoms with Crippen molar-refractivity contribution in [1.82, 2.24) is 4.98 Å². The van der Waals surface area contributed by atoms with Crippen LogP contribution < -0.4 is 5.32 Å². The number of carbonyl (C=O) groups is 1. The van der Waals surface area contributed by atoms with Gasteiger partial charge in [-0.1, -0.05) is 17.4 Å². The number of aryl methyl sites for hydroxylation is 2. The number of hydrogen-bond donors (Lipinski definition) is 1. The fourth-order valence-electron chi connectivity index (χ4n) is 2.36. The zero-order chi connectivity index (χ0) is 20.5. The number of sulfone groups is 1. The summed E-state index contributed by atoms with van der Waals surface area (Å²) >= 11 is 0.811. The van der Waals surface area contributed by atoms with Gasteiger partial charge in [-0.05, 0) is 49.2 Å². The van der Waals surface area contributed by atoms with Gasteiger partial charge in [0.1, 0.15) is 4.21 Å². The zero-order valence-corrected chi connectivity index (χ0v) is 16.5. The first-order valence-corrected chi connectivity index (χ1v) is 10.3. The van der Waals surface area contributed by atoms with Crippen molar-refractivity contribution in [2.24, 2.45) is 0 Å². The summed E-state index contributed by atoms with van der Waals surface area (Å²) < 4.78 is 25.2. The van der Waals surface area contributed by atoms with Crippen LogP contribution in [0.15, 0.2) is 57.8 Å². The number of amides is 1. The van der Waals surface area contributed by atoms with Gasteiger partial charge in [0, 0.05) is 17.7 Å². The van der Waals surface area contributed by atoms with Crippen LogP contribution in [-0.2, 0) is 9.84 Å². The van der Waals surface area contributed by atoms with Gasteiger partial charge in [-0.2, -0.15) is 0 Å². The number of hydrogen-bond acceptors (Lipinski definition) is 7. The number of nitrogens with zero attached hydrogens (tertiary/aromatic N) is 2. The molecule has 0 unspecified atom stereocenters. The molecule has 0 radical (unpaired) electrons. The number of anilines is 1. The molecule has 1 N–H and O–H groups in total. The van der Waals surface area contributed by atoms with Crippen LogP contribution in [0.1, 0.15) is 21.5 Å². The molecule has 28 heavy (non-hydrogen) atoms. The summed E-state index contributed by atoms with van der Waals surface area (Å²) in [4.78, 5) is 26.3. The van der Waals surface area contributed by atoms with Crippen molar-refractivity contribution >= 4 is 37.9 Å². The van der Waals surface area contributed by atoms with Crippen LogP contribution in [0, 0.1) is 24.0 Å². The molecule has 3 rings (SSSR count). The minimum absolute atomic E-state index is 0.0725. The third-order valence-electron chi connectivity index (χ3n) is 4.10. The normalized spacial score (nSPS) is 11.2. The second-order valence-corrected chi connectivity index (χ2v) is 9.20. The molecule has 0 aliphatic rings. The Kier molecular flexibility index (Phi) is 5.25. The van der Waals surface area contributed by atoms with E-state index in [2.05, 4.69) is 10.3 Å². The molecule has 0 fully saturated rings. The maximum atomic E-state index is 12.7. The maximum Gasteiger partial charge on any atom is 0.269 e. The highest BCUT2D eigenvalue weighted by Crippen LogP contribution is 2.29. The van der Waals surface area contributed by atoms with Gasteiger partial charge in [0.15, 0.2) is 5.13 Å². The van der Waals surface area contributed by atoms with Gasteiger partial charge in [-0.15, -0.1) is 0 Å². The molecule has 1 aromatic heterocycles. The molecule has 0 aliphatic heterocycles. The Morgan fingerprint density at radius 1 is 1.11 bits per heavy atom. The topological polar surface area (TPSA) is 119 Å². The fourth-order valence-corrected chi connectivity index (χ4v) is 4.78. The number of non-ortho nitro benzene ring substituents is 1. The van der Waals surface area contributed by atoms with E-state index in [-0.39, 0.29) is 19.9 Å². The number of nitro groups is 1. The largest absolute Gasteiger partial charge is 0.298 e. The SMILES string of the molecule is Cc1ccc(C(=O)Nc2ncc(S(=O)(=O)c3ccc([N+](=O)[O-])cc3)s2)cc1C. The van der Waals surface area contributed by atoms with E-state index in [1.807, 2.05) is 19.9 Å². The summed E-state index contributed by atoms with van der Waals surface area (Å²) in [6.07, 6.45) is 1.15. The number of carbonyl (C=O) groups excluding carboxylic acids is 1. The molecular weight excluding hydrogens is 402 g/mol. The standard InChI is InChI=1S/C18H15N3O5S2/c1-11-3-4-13(9-12(11)2)17(22)20-18-19-10-16(27-18)28(25,26)15-7-5-14(6-8-15)21(23)24/h3-10H,1-2H3,(H,19,20,22). The maximum absolute atomic E-state index is 12.7. The van der Waals surface area contributed by atoms with Crippen LogP contribution in [-0.4, -0.2) is 24.2 Å². The monoisotopic (exact) mass is 417 g/mol. The molecule has 0 saturated carbocycles. The van der Waals surface area contributed by atoms with E-state index in [0.717, 1.165) is 40.8 Å². The quantitative estimate of drug-likeness (QED) is 0.499. The third kappa shape index (κ3) is 3.92. The van der Waals surface area contributed by atoms with E-state index in [1.54, 1.807) is 12.1 Å². The number of thiazole rings is 1. The number of nitro benzene ring substituents is 1. The van der Waals surface area contributed by atoms with Crippen molar-refractivity contribution in [2.45, 2.75) is 23.0 Å². The molecular formula is C18H15N3O5S2. The molecule has 144 valence electrons. The number of aromatic nitrogens is 1. The molecule has 0 aliphatic carbocycles. The summed E-state index contributed by atoms with van der Waals surface area (Å²) in [5.41, 5.74) is 2.26. The minimum Gasteiger partial charge on any atom is -0.298 e. The van der Waals surface area contributed by atoms with Gasteiger partial charge >= 0.3 is 0 Å². The predicted octanol–water partition coefficient (Wildman–Crippen LogP) is 3.75. The van der Waals surface area contributed by atoms with E-state index in [0.29, 0.717) is 5.56 Å². The summed E-state index contributed by atoms with van der Waals surface area (Å²) in [7, 11) is -3.89. The van der Waals surface area contributed by atoms with Gasteiger partial charge in [0.2, 0.25) is 9.84 Å². The first-order chi connectivity index (χ1) is 13.2. The Balaban J connectivity index is 1.81. The van der Waals surface area contributed by atoms with E-state index in [1.165, 1.54) is 12.1 Å². The summed E-state index contributed by atoms with van der Waals surface area (Å²) in [6, 6.07) is 9.83. The van der Waals surface area contributed by atoms with E-state index in [9.17, 15) is 23.3 Å². The molecule has 1 heterocycles. The summed E-state index contributed by atoms with van der Waals surface area (Å²) in [6.45, 7) is 3.83. The first-order valence-electron chi connectivity index (χ1n) is 8.02. The van der Waals surface area contributed by atoms with Gasteiger partial charge in [-0.25, -0.2) is 13.4 Å². The minimum atomic E-state index is -3.89. The molecule has 8 nitrogen and oxygen atoms in total. The van der Waals surface area contributed by atoms with E-state index >= 15 is 0 Å². The molecule has 0 spiro atoms. The number of nitrogens with one attached hydrogen (secondary N) is 1. The highest BCUT2D eigenvalue weighted by Gasteiger charge is 2.22. The molecule has 2 aromatic carbocycles. The van der Waals surface area contributed by atoms with Crippen molar-refractivity contribution in [3.05, 3.63) is 75.5 Å². The van der Waals surface area contributed by atoms with Crippen molar-refractivity contribution < 1.29 is 18.1 Å². The lowest BCUT2D eigenvalue weighted by atomic mass is 10.1. The Morgan fingerprint density at radius 2 is 1.79 bits per heavy atom. The first kappa shape index (κ1) is 19.6. The lowest BCUT2D eigenvalue weighted by Gasteiger charge is -2.05. The lowest BCUT2D eigenvalue weighted by molar-refractivity contribution is -0.384. The van der Waals surface area contributed by atoms with Crippen molar-refractivity contribution in [3.8, 4) is 0 Å². The molecule has 0 bridgehead atoms. The van der Waals surface area contributed by atoms with Crippen LogP contribution in [0.4, 0.5) is 10.8 Å². The highest BCUT2D eigenvalue weighted by atomic mass is 32.2. The second kappa shape index (κ2) is 7.49. The average molecular weight is 417 g/mol. The fraction of sp³-hybridized carbons (Fsp3) is 0.111. The Morgan fingerprint density at radius 3 is 2.39 bits per heavy atom. The average Bonchev–Trinajstić information content (AvgIpc) is 3.13. The van der Waals surface area contributed by atoms with Crippen LogP contribution in [0.2, 0.25) is 0 Å². The van der Waals surface area contributed by atoms with Crippen molar-refractivity contribution in [2.75, 3.05) is 5.32 Å². The number of rotatable bonds is 5. The van der Waals surface area contributed by atoms with Gasteiger partial charge in [0.05, 0.1) is 16.0 Å². The van der Waals surface area contributed by atoms with Crippen molar-refractivity contribution in [1.29, 1.82) is 0 Å². The van der Waals surface area contributed by atoms with E-state index < -0.39 is 20.7 Å². The summed E-state index contributed by atoms with van der Waals surface area (Å²) in [5.74, 6) is -0.392. The van der Waals surface area contributed by atoms with Gasteiger partial charge in [0.25, 0.3) is 11.6 Å². The Hall–Kier alpha value is -3.11.